The number of hydrogen-bond donors (Lipinski definition) is 2. The van der Waals surface area contributed by atoms with Crippen molar-refractivity contribution in [3.05, 3.63) is 35.4 Å². The summed E-state index contributed by atoms with van der Waals surface area (Å²) in [7, 11) is 0. The fraction of sp³-hybridized carbons (Fsp3) is 0.333. The molecular weight excluding hydrogens is 204 g/mol. The van der Waals surface area contributed by atoms with Crippen molar-refractivity contribution in [2.45, 2.75) is 20.4 Å². The highest BCUT2D eigenvalue weighted by Gasteiger charge is 2.01. The minimum Gasteiger partial charge on any atom is -0.334 e. The molecule has 0 saturated heterocycles. The van der Waals surface area contributed by atoms with Crippen molar-refractivity contribution in [1.82, 2.24) is 10.6 Å². The molecule has 1 aromatic rings. The van der Waals surface area contributed by atoms with Crippen LogP contribution in [0.5, 0.6) is 0 Å². The van der Waals surface area contributed by atoms with E-state index in [1.165, 1.54) is 6.92 Å². The number of Topliss-reactive ketones (excluding diaryl/α,β-unsaturated/α-hetero) is 1. The molecule has 1 rings (SSSR count). The number of ketones is 1. The Kier molecular flexibility index (Phi) is 4.51. The Morgan fingerprint density at radius 1 is 1.25 bits per heavy atom. The third-order valence-electron chi connectivity index (χ3n) is 2.03. The third kappa shape index (κ3) is 4.59. The van der Waals surface area contributed by atoms with Gasteiger partial charge in [0.25, 0.3) is 0 Å². The monoisotopic (exact) mass is 220 g/mol. The SMILES string of the molecule is CC(=O)CNC(=O)NCc1cccc(C)c1. The molecule has 4 heteroatoms. The molecule has 0 fully saturated rings. The number of urea groups is 1. The van der Waals surface area contributed by atoms with Crippen LogP contribution >= 0.6 is 0 Å². The van der Waals surface area contributed by atoms with Crippen molar-refractivity contribution < 1.29 is 9.59 Å². The van der Waals surface area contributed by atoms with Gasteiger partial charge in [-0.25, -0.2) is 4.79 Å². The zero-order chi connectivity index (χ0) is 12.0. The highest BCUT2D eigenvalue weighted by atomic mass is 16.2. The van der Waals surface area contributed by atoms with Crippen molar-refractivity contribution >= 4 is 11.8 Å². The van der Waals surface area contributed by atoms with E-state index in [1.54, 1.807) is 0 Å². The first kappa shape index (κ1) is 12.2. The molecule has 0 unspecified atom stereocenters. The standard InChI is InChI=1S/C12H16N2O2/c1-9-4-3-5-11(6-9)8-14-12(16)13-7-10(2)15/h3-6H,7-8H2,1-2H3,(H2,13,14,16). The van der Waals surface area contributed by atoms with Crippen LogP contribution in [0.1, 0.15) is 18.1 Å². The van der Waals surface area contributed by atoms with Gasteiger partial charge in [-0.1, -0.05) is 29.8 Å². The van der Waals surface area contributed by atoms with Crippen LogP contribution in [-0.2, 0) is 11.3 Å². The smallest absolute Gasteiger partial charge is 0.315 e. The van der Waals surface area contributed by atoms with Gasteiger partial charge in [0.1, 0.15) is 5.78 Å². The Bertz CT molecular complexity index is 388. The molecule has 0 aliphatic carbocycles. The fourth-order valence-corrected chi connectivity index (χ4v) is 1.27. The van der Waals surface area contributed by atoms with E-state index in [1.807, 2.05) is 31.2 Å². The number of hydrogen-bond acceptors (Lipinski definition) is 2. The lowest BCUT2D eigenvalue weighted by molar-refractivity contribution is -0.116. The summed E-state index contributed by atoms with van der Waals surface area (Å²) in [5.41, 5.74) is 2.20. The Balaban J connectivity index is 2.34. The molecule has 1 aromatic carbocycles. The highest BCUT2D eigenvalue weighted by molar-refractivity contribution is 5.83. The second-order valence-corrected chi connectivity index (χ2v) is 3.73. The highest BCUT2D eigenvalue weighted by Crippen LogP contribution is 2.02. The summed E-state index contributed by atoms with van der Waals surface area (Å²) in [5, 5.41) is 5.15. The largest absolute Gasteiger partial charge is 0.334 e. The number of nitrogens with one attached hydrogen (secondary N) is 2. The van der Waals surface area contributed by atoms with Crippen LogP contribution in [0.3, 0.4) is 0 Å². The van der Waals surface area contributed by atoms with Crippen LogP contribution in [0, 0.1) is 6.92 Å². The Morgan fingerprint density at radius 3 is 2.62 bits per heavy atom. The molecular formula is C12H16N2O2. The molecule has 2 N–H and O–H groups in total. The summed E-state index contributed by atoms with van der Waals surface area (Å²) in [6.45, 7) is 3.96. The predicted octanol–water partition coefficient (Wildman–Crippen LogP) is 1.38. The van der Waals surface area contributed by atoms with Gasteiger partial charge in [0.2, 0.25) is 0 Å². The normalized spacial score (nSPS) is 9.62. The summed E-state index contributed by atoms with van der Waals surface area (Å²) >= 11 is 0. The molecule has 16 heavy (non-hydrogen) atoms. The van der Waals surface area contributed by atoms with Crippen molar-refractivity contribution in [2.75, 3.05) is 6.54 Å². The van der Waals surface area contributed by atoms with Crippen LogP contribution in [0.2, 0.25) is 0 Å². The maximum Gasteiger partial charge on any atom is 0.315 e. The van der Waals surface area contributed by atoms with Gasteiger partial charge in [0.15, 0.2) is 0 Å². The maximum atomic E-state index is 11.2. The number of rotatable bonds is 4. The van der Waals surface area contributed by atoms with Gasteiger partial charge in [0, 0.05) is 6.54 Å². The number of amides is 2. The molecule has 0 heterocycles. The minimum atomic E-state index is -0.322. The van der Waals surface area contributed by atoms with Crippen LogP contribution in [0.25, 0.3) is 0 Å². The number of aryl methyl sites for hydroxylation is 1. The number of carbonyl (C=O) groups excluding carboxylic acids is 2. The van der Waals surface area contributed by atoms with Crippen molar-refractivity contribution in [3.8, 4) is 0 Å². The van der Waals surface area contributed by atoms with Crippen LogP contribution in [-0.4, -0.2) is 18.4 Å². The molecule has 2 amide bonds. The number of carbonyl (C=O) groups is 2. The lowest BCUT2D eigenvalue weighted by Gasteiger charge is -2.06. The van der Waals surface area contributed by atoms with Crippen molar-refractivity contribution in [2.24, 2.45) is 0 Å². The van der Waals surface area contributed by atoms with E-state index < -0.39 is 0 Å². The van der Waals surface area contributed by atoms with Gasteiger partial charge >= 0.3 is 6.03 Å². The molecule has 0 radical (unpaired) electrons. The molecule has 0 bridgehead atoms. The molecule has 0 aliphatic rings. The summed E-state index contributed by atoms with van der Waals surface area (Å²) in [6, 6.07) is 7.57. The van der Waals surface area contributed by atoms with Gasteiger partial charge in [-0.15, -0.1) is 0 Å². The first-order valence-electron chi connectivity index (χ1n) is 5.14. The first-order valence-corrected chi connectivity index (χ1v) is 5.14. The molecule has 0 aliphatic heterocycles. The summed E-state index contributed by atoms with van der Waals surface area (Å²) in [6.07, 6.45) is 0. The number of benzene rings is 1. The van der Waals surface area contributed by atoms with Gasteiger partial charge in [0.05, 0.1) is 6.54 Å². The van der Waals surface area contributed by atoms with Gasteiger partial charge in [-0.05, 0) is 19.4 Å². The lowest BCUT2D eigenvalue weighted by Crippen LogP contribution is -2.37. The fourth-order valence-electron chi connectivity index (χ4n) is 1.27. The van der Waals surface area contributed by atoms with E-state index in [2.05, 4.69) is 10.6 Å². The van der Waals surface area contributed by atoms with E-state index in [4.69, 9.17) is 0 Å². The Hall–Kier alpha value is -1.84. The van der Waals surface area contributed by atoms with Gasteiger partial charge < -0.3 is 10.6 Å². The minimum absolute atomic E-state index is 0.0642. The van der Waals surface area contributed by atoms with Crippen LogP contribution < -0.4 is 10.6 Å². The first-order chi connectivity index (χ1) is 7.58. The molecule has 0 atom stereocenters. The van der Waals surface area contributed by atoms with E-state index in [0.717, 1.165) is 11.1 Å². The van der Waals surface area contributed by atoms with E-state index in [-0.39, 0.29) is 18.4 Å². The Morgan fingerprint density at radius 2 is 2.00 bits per heavy atom. The van der Waals surface area contributed by atoms with Crippen molar-refractivity contribution in [3.63, 3.8) is 0 Å². The van der Waals surface area contributed by atoms with Gasteiger partial charge in [-0.2, -0.15) is 0 Å². The predicted molar refractivity (Wildman–Crippen MR) is 62.1 cm³/mol. The Labute approximate surface area is 95.0 Å². The third-order valence-corrected chi connectivity index (χ3v) is 2.03. The second kappa shape index (κ2) is 5.90. The lowest BCUT2D eigenvalue weighted by atomic mass is 10.1. The molecule has 0 aromatic heterocycles. The zero-order valence-electron chi connectivity index (χ0n) is 9.54. The topological polar surface area (TPSA) is 58.2 Å². The average molecular weight is 220 g/mol. The summed E-state index contributed by atoms with van der Waals surface area (Å²) in [4.78, 5) is 21.9. The van der Waals surface area contributed by atoms with Crippen LogP contribution in [0.15, 0.2) is 24.3 Å². The van der Waals surface area contributed by atoms with E-state index in [9.17, 15) is 9.59 Å². The van der Waals surface area contributed by atoms with Gasteiger partial charge in [-0.3, -0.25) is 4.79 Å². The average Bonchev–Trinajstić information content (AvgIpc) is 2.23. The summed E-state index contributed by atoms with van der Waals surface area (Å²) in [5.74, 6) is -0.0642. The van der Waals surface area contributed by atoms with E-state index >= 15 is 0 Å². The van der Waals surface area contributed by atoms with Crippen LogP contribution in [0.4, 0.5) is 4.79 Å². The molecule has 4 nitrogen and oxygen atoms in total. The van der Waals surface area contributed by atoms with E-state index in [0.29, 0.717) is 6.54 Å². The summed E-state index contributed by atoms with van der Waals surface area (Å²) < 4.78 is 0. The molecule has 0 saturated carbocycles. The second-order valence-electron chi connectivity index (χ2n) is 3.73. The molecule has 86 valence electrons. The quantitative estimate of drug-likeness (QED) is 0.805. The maximum absolute atomic E-state index is 11.2. The molecule has 0 spiro atoms. The van der Waals surface area contributed by atoms with Crippen molar-refractivity contribution in [1.29, 1.82) is 0 Å². The zero-order valence-corrected chi connectivity index (χ0v) is 9.54.